The van der Waals surface area contributed by atoms with Crippen molar-refractivity contribution >= 4 is 23.4 Å². The fourth-order valence-electron chi connectivity index (χ4n) is 1.31. The lowest BCUT2D eigenvalue weighted by Crippen LogP contribution is -2.36. The maximum absolute atomic E-state index is 11.5. The minimum atomic E-state index is -0.444. The summed E-state index contributed by atoms with van der Waals surface area (Å²) in [6.45, 7) is 2.42. The summed E-state index contributed by atoms with van der Waals surface area (Å²) in [6, 6.07) is 1.22. The number of rotatable bonds is 4. The Bertz CT molecular complexity index is 409. The molecule has 0 saturated carbocycles. The molecule has 0 fully saturated rings. The number of hydrogen-bond donors (Lipinski definition) is 1. The molecule has 1 N–H and O–H groups in total. The van der Waals surface area contributed by atoms with Gasteiger partial charge in [0.1, 0.15) is 5.15 Å². The lowest BCUT2D eigenvalue weighted by molar-refractivity contribution is 0.499. The van der Waals surface area contributed by atoms with Gasteiger partial charge in [-0.2, -0.15) is 11.8 Å². The molecule has 15 heavy (non-hydrogen) atoms. The van der Waals surface area contributed by atoms with E-state index in [2.05, 4.69) is 4.98 Å². The number of thioether (sulfide) groups is 1. The molecule has 1 rings (SSSR count). The second-order valence-electron chi connectivity index (χ2n) is 3.43. The zero-order valence-electron chi connectivity index (χ0n) is 8.62. The van der Waals surface area contributed by atoms with Crippen molar-refractivity contribution < 1.29 is 0 Å². The second kappa shape index (κ2) is 5.42. The van der Waals surface area contributed by atoms with Crippen molar-refractivity contribution in [2.45, 2.75) is 13.5 Å². The van der Waals surface area contributed by atoms with Crippen LogP contribution in [0, 0.1) is 5.92 Å². The number of aromatic amines is 1. The molecule has 84 valence electrons. The number of nitrogens with zero attached hydrogens (tertiary/aromatic N) is 1. The fourth-order valence-corrected chi connectivity index (χ4v) is 2.16. The molecule has 0 saturated heterocycles. The lowest BCUT2D eigenvalue weighted by Gasteiger charge is -2.10. The number of hydrogen-bond acceptors (Lipinski definition) is 3. The van der Waals surface area contributed by atoms with Crippen molar-refractivity contribution in [2.75, 3.05) is 12.0 Å². The summed E-state index contributed by atoms with van der Waals surface area (Å²) in [7, 11) is 0. The Kier molecular flexibility index (Phi) is 4.47. The second-order valence-corrected chi connectivity index (χ2v) is 4.75. The van der Waals surface area contributed by atoms with Crippen LogP contribution >= 0.6 is 23.4 Å². The van der Waals surface area contributed by atoms with E-state index in [-0.39, 0.29) is 16.6 Å². The molecule has 0 aromatic carbocycles. The van der Waals surface area contributed by atoms with Crippen LogP contribution in [-0.4, -0.2) is 21.6 Å². The maximum atomic E-state index is 11.5. The normalized spacial score (nSPS) is 12.7. The van der Waals surface area contributed by atoms with Gasteiger partial charge in [0.05, 0.1) is 0 Å². The minimum absolute atomic E-state index is 0.0822. The van der Waals surface area contributed by atoms with Gasteiger partial charge in [-0.05, 0) is 17.9 Å². The summed E-state index contributed by atoms with van der Waals surface area (Å²) >= 11 is 7.24. The van der Waals surface area contributed by atoms with Crippen molar-refractivity contribution in [1.29, 1.82) is 0 Å². The molecular formula is C9H13ClN2O2S. The summed E-state index contributed by atoms with van der Waals surface area (Å²) in [6.07, 6.45) is 1.99. The Morgan fingerprint density at radius 2 is 2.27 bits per heavy atom. The molecule has 1 atom stereocenters. The molecule has 0 radical (unpaired) electrons. The van der Waals surface area contributed by atoms with E-state index in [4.69, 9.17) is 11.6 Å². The van der Waals surface area contributed by atoms with E-state index in [0.717, 1.165) is 5.75 Å². The van der Waals surface area contributed by atoms with Gasteiger partial charge < -0.3 is 0 Å². The fraction of sp³-hybridized carbons (Fsp3) is 0.556. The highest BCUT2D eigenvalue weighted by atomic mass is 35.5. The Labute approximate surface area is 96.7 Å². The van der Waals surface area contributed by atoms with Crippen LogP contribution in [0.3, 0.4) is 0 Å². The van der Waals surface area contributed by atoms with Crippen LogP contribution in [0.2, 0.25) is 5.15 Å². The molecular weight excluding hydrogens is 236 g/mol. The van der Waals surface area contributed by atoms with Gasteiger partial charge >= 0.3 is 5.69 Å². The van der Waals surface area contributed by atoms with Crippen LogP contribution in [0.4, 0.5) is 0 Å². The van der Waals surface area contributed by atoms with Crippen molar-refractivity contribution in [3.05, 3.63) is 32.1 Å². The Balaban J connectivity index is 2.96. The van der Waals surface area contributed by atoms with E-state index in [0.29, 0.717) is 6.54 Å². The predicted octanol–water partition coefficient (Wildman–Crippen LogP) is 1.19. The highest BCUT2D eigenvalue weighted by Gasteiger charge is 2.07. The first kappa shape index (κ1) is 12.4. The van der Waals surface area contributed by atoms with E-state index in [1.165, 1.54) is 10.6 Å². The van der Waals surface area contributed by atoms with Crippen molar-refractivity contribution in [3.8, 4) is 0 Å². The van der Waals surface area contributed by atoms with Crippen LogP contribution in [0.5, 0.6) is 0 Å². The van der Waals surface area contributed by atoms with Crippen molar-refractivity contribution in [2.24, 2.45) is 5.92 Å². The molecule has 0 amide bonds. The van der Waals surface area contributed by atoms with Crippen LogP contribution in [0.1, 0.15) is 6.92 Å². The molecule has 0 aliphatic heterocycles. The monoisotopic (exact) mass is 248 g/mol. The van der Waals surface area contributed by atoms with Crippen LogP contribution in [0.15, 0.2) is 15.7 Å². The molecule has 0 aliphatic rings. The molecule has 1 aromatic rings. The molecule has 4 nitrogen and oxygen atoms in total. The summed E-state index contributed by atoms with van der Waals surface area (Å²) in [5.74, 6) is 1.19. The predicted molar refractivity (Wildman–Crippen MR) is 63.9 cm³/mol. The zero-order chi connectivity index (χ0) is 11.4. The first-order valence-electron chi connectivity index (χ1n) is 4.53. The first-order valence-corrected chi connectivity index (χ1v) is 6.30. The molecule has 1 aromatic heterocycles. The Morgan fingerprint density at radius 3 is 2.80 bits per heavy atom. The number of halogens is 1. The van der Waals surface area contributed by atoms with Crippen LogP contribution in [0.25, 0.3) is 0 Å². The number of nitrogens with one attached hydrogen (secondary N) is 1. The molecule has 0 spiro atoms. The summed E-state index contributed by atoms with van der Waals surface area (Å²) in [5.41, 5.74) is -0.794. The standard InChI is InChI=1S/C9H13ClN2O2S/c1-6(5-15-2)4-12-8(13)3-7(10)11-9(12)14/h3,6H,4-5H2,1-2H3,(H,11,14). The average molecular weight is 249 g/mol. The SMILES string of the molecule is CSCC(C)Cn1c(=O)cc(Cl)[nH]c1=O. The van der Waals surface area contributed by atoms with E-state index in [1.807, 2.05) is 13.2 Å². The maximum Gasteiger partial charge on any atom is 0.329 e. The van der Waals surface area contributed by atoms with Gasteiger partial charge in [-0.3, -0.25) is 14.3 Å². The summed E-state index contributed by atoms with van der Waals surface area (Å²) in [5, 5.41) is 0.0822. The van der Waals surface area contributed by atoms with Gasteiger partial charge in [0, 0.05) is 12.6 Å². The van der Waals surface area contributed by atoms with E-state index < -0.39 is 5.69 Å². The largest absolute Gasteiger partial charge is 0.329 e. The van der Waals surface area contributed by atoms with Crippen molar-refractivity contribution in [3.63, 3.8) is 0 Å². The highest BCUT2D eigenvalue weighted by molar-refractivity contribution is 7.98. The summed E-state index contributed by atoms with van der Waals surface area (Å²) in [4.78, 5) is 25.3. The lowest BCUT2D eigenvalue weighted by atomic mass is 10.2. The highest BCUT2D eigenvalue weighted by Crippen LogP contribution is 2.05. The molecule has 1 unspecified atom stereocenters. The van der Waals surface area contributed by atoms with E-state index >= 15 is 0 Å². The molecule has 0 bridgehead atoms. The minimum Gasteiger partial charge on any atom is -0.298 e. The quantitative estimate of drug-likeness (QED) is 0.815. The Hall–Kier alpha value is -0.680. The third-order valence-corrected chi connectivity index (χ3v) is 3.04. The van der Waals surface area contributed by atoms with E-state index in [1.54, 1.807) is 11.8 Å². The number of aromatic nitrogens is 2. The first-order chi connectivity index (χ1) is 7.04. The average Bonchev–Trinajstić information content (AvgIpc) is 2.11. The van der Waals surface area contributed by atoms with Gasteiger partial charge in [-0.25, -0.2) is 4.79 Å². The molecule has 6 heteroatoms. The van der Waals surface area contributed by atoms with Gasteiger partial charge in [0.15, 0.2) is 0 Å². The van der Waals surface area contributed by atoms with Crippen molar-refractivity contribution in [1.82, 2.24) is 9.55 Å². The van der Waals surface area contributed by atoms with Gasteiger partial charge in [-0.1, -0.05) is 18.5 Å². The van der Waals surface area contributed by atoms with Crippen LogP contribution in [-0.2, 0) is 6.54 Å². The number of H-pyrrole nitrogens is 1. The van der Waals surface area contributed by atoms with E-state index in [9.17, 15) is 9.59 Å². The van der Waals surface area contributed by atoms with Gasteiger partial charge in [-0.15, -0.1) is 0 Å². The third kappa shape index (κ3) is 3.43. The third-order valence-electron chi connectivity index (χ3n) is 1.93. The van der Waals surface area contributed by atoms with Crippen LogP contribution < -0.4 is 11.2 Å². The van der Waals surface area contributed by atoms with Gasteiger partial charge in [0.25, 0.3) is 5.56 Å². The Morgan fingerprint density at radius 1 is 1.60 bits per heavy atom. The molecule has 0 aliphatic carbocycles. The molecule has 1 heterocycles. The summed E-state index contributed by atoms with van der Waals surface area (Å²) < 4.78 is 1.17. The smallest absolute Gasteiger partial charge is 0.298 e. The zero-order valence-corrected chi connectivity index (χ0v) is 10.2. The van der Waals surface area contributed by atoms with Gasteiger partial charge in [0.2, 0.25) is 0 Å². The topological polar surface area (TPSA) is 54.9 Å².